The number of fused-ring (bicyclic) bond motifs is 4. The standard InChI is InChI=1S/C36H8BF20/c38-9-1-5-13(25(46)21(9)42)29(50)33(54)17(5)37(18-6-2-10(39)22(43)26(47)14(6)30(51)34(18)55,19-7-3-11(40)23(44)27(48)15(7)31(52)35(19)56)20-8-4-12(41)24(45)28(49)16(8)32(53)36(20)57/h1-4,17-20H/q-1. The third kappa shape index (κ3) is 4.50. The number of benzene rings is 4. The summed E-state index contributed by atoms with van der Waals surface area (Å²) in [5, 5.41) is 0. The first-order valence-corrected chi connectivity index (χ1v) is 15.7. The van der Waals surface area contributed by atoms with Gasteiger partial charge in [-0.2, -0.15) is 0 Å². The minimum absolute atomic E-state index is 0.375. The molecule has 0 radical (unpaired) electrons. The number of hydrogen-bond donors (Lipinski definition) is 0. The van der Waals surface area contributed by atoms with Crippen molar-refractivity contribution in [2.75, 3.05) is 0 Å². The molecule has 4 atom stereocenters. The second-order valence-electron chi connectivity index (χ2n) is 13.5. The van der Waals surface area contributed by atoms with Crippen LogP contribution in [0.25, 0.3) is 23.3 Å². The van der Waals surface area contributed by atoms with Crippen molar-refractivity contribution in [2.24, 2.45) is 0 Å². The van der Waals surface area contributed by atoms with Crippen molar-refractivity contribution in [1.29, 1.82) is 0 Å². The largest absolute Gasteiger partial charge is 0.212 e. The van der Waals surface area contributed by atoms with Crippen LogP contribution >= 0.6 is 0 Å². The normalized spacial score (nSPS) is 22.2. The molecule has 0 amide bonds. The van der Waals surface area contributed by atoms with Gasteiger partial charge in [0.2, 0.25) is 0 Å². The van der Waals surface area contributed by atoms with E-state index in [4.69, 9.17) is 0 Å². The van der Waals surface area contributed by atoms with Crippen LogP contribution in [-0.4, -0.2) is 6.15 Å². The minimum atomic E-state index is -5.79. The molecule has 0 nitrogen and oxygen atoms in total. The average molecular weight is 831 g/mol. The molecule has 0 bridgehead atoms. The maximum absolute atomic E-state index is 16.9. The predicted molar refractivity (Wildman–Crippen MR) is 159 cm³/mol. The highest BCUT2D eigenvalue weighted by Gasteiger charge is 2.65. The van der Waals surface area contributed by atoms with Gasteiger partial charge in [-0.05, 0) is 24.3 Å². The smallest absolute Gasteiger partial charge is 0.195 e. The molecule has 57 heavy (non-hydrogen) atoms. The van der Waals surface area contributed by atoms with E-state index in [1.54, 1.807) is 0 Å². The number of halogens is 20. The monoisotopic (exact) mass is 831 g/mol. The Kier molecular flexibility index (Phi) is 8.25. The van der Waals surface area contributed by atoms with Gasteiger partial charge in [0.15, 0.2) is 93.1 Å². The summed E-state index contributed by atoms with van der Waals surface area (Å²) in [6, 6.07) is -1.50. The predicted octanol–water partition coefficient (Wildman–Crippen LogP) is 12.9. The molecule has 0 saturated carbocycles. The highest BCUT2D eigenvalue weighted by molar-refractivity contribution is 6.88. The van der Waals surface area contributed by atoms with Gasteiger partial charge >= 0.3 is 0 Å². The lowest BCUT2D eigenvalue weighted by Gasteiger charge is -2.57. The Bertz CT molecular complexity index is 2360. The second-order valence-corrected chi connectivity index (χ2v) is 13.5. The zero-order valence-corrected chi connectivity index (χ0v) is 26.8. The first kappa shape index (κ1) is 38.4. The lowest BCUT2D eigenvalue weighted by Crippen LogP contribution is -2.58. The van der Waals surface area contributed by atoms with E-state index in [0.29, 0.717) is 0 Å². The molecule has 0 spiro atoms. The molecule has 0 aromatic heterocycles. The molecule has 296 valence electrons. The molecule has 4 aromatic rings. The van der Waals surface area contributed by atoms with Crippen molar-refractivity contribution in [3.63, 3.8) is 0 Å². The van der Waals surface area contributed by atoms with Crippen LogP contribution in [0.1, 0.15) is 67.8 Å². The Morgan fingerprint density at radius 3 is 0.614 bits per heavy atom. The molecule has 4 aromatic carbocycles. The Morgan fingerprint density at radius 2 is 0.439 bits per heavy atom. The highest BCUT2D eigenvalue weighted by atomic mass is 19.2. The minimum Gasteiger partial charge on any atom is -0.212 e. The van der Waals surface area contributed by atoms with E-state index >= 15 is 70.2 Å². The van der Waals surface area contributed by atoms with Gasteiger partial charge in [0.1, 0.15) is 23.3 Å². The van der Waals surface area contributed by atoms with Gasteiger partial charge in [0.25, 0.3) is 0 Å². The lowest BCUT2D eigenvalue weighted by atomic mass is 9.02. The molecule has 4 aliphatic rings. The summed E-state index contributed by atoms with van der Waals surface area (Å²) in [6.07, 6.45) is -5.79. The molecule has 0 N–H and O–H groups in total. The van der Waals surface area contributed by atoms with Gasteiger partial charge < -0.3 is 0 Å². The Morgan fingerprint density at radius 1 is 0.263 bits per heavy atom. The van der Waals surface area contributed by atoms with E-state index in [-0.39, 0.29) is 24.3 Å². The Balaban J connectivity index is 1.68. The van der Waals surface area contributed by atoms with Crippen LogP contribution in [0.5, 0.6) is 0 Å². The van der Waals surface area contributed by atoms with E-state index in [9.17, 15) is 17.6 Å². The van der Waals surface area contributed by atoms with Crippen LogP contribution in [0, 0.1) is 69.8 Å². The van der Waals surface area contributed by atoms with Crippen LogP contribution in [-0.2, 0) is 0 Å². The van der Waals surface area contributed by atoms with Crippen molar-refractivity contribution in [3.8, 4) is 0 Å². The average Bonchev–Trinajstić information content (AvgIpc) is 3.76. The molecular weight excluding hydrogens is 823 g/mol. The molecule has 4 aliphatic carbocycles. The fourth-order valence-corrected chi connectivity index (χ4v) is 9.31. The quantitative estimate of drug-likeness (QED) is 0.109. The Hall–Kier alpha value is -5.50. The van der Waals surface area contributed by atoms with Crippen LogP contribution < -0.4 is 0 Å². The van der Waals surface area contributed by atoms with Gasteiger partial charge in [0.05, 0.1) is 28.4 Å². The summed E-state index contributed by atoms with van der Waals surface area (Å²) in [5.41, 5.74) is -15.5. The summed E-state index contributed by atoms with van der Waals surface area (Å²) in [5.74, 6) is -67.8. The number of rotatable bonds is 4. The van der Waals surface area contributed by atoms with Crippen molar-refractivity contribution < 1.29 is 87.8 Å². The van der Waals surface area contributed by atoms with Crippen molar-refractivity contribution in [3.05, 3.63) is 162 Å². The Labute approximate surface area is 302 Å². The molecular formula is C36H8BF20-. The van der Waals surface area contributed by atoms with Gasteiger partial charge in [-0.25, -0.2) is 87.8 Å². The summed E-state index contributed by atoms with van der Waals surface area (Å²) < 4.78 is 312. The van der Waals surface area contributed by atoms with Crippen molar-refractivity contribution in [2.45, 2.75) is 23.3 Å². The van der Waals surface area contributed by atoms with Crippen LogP contribution in [0.4, 0.5) is 87.8 Å². The van der Waals surface area contributed by atoms with E-state index in [1.165, 1.54) is 0 Å². The lowest BCUT2D eigenvalue weighted by molar-refractivity contribution is 0.441. The maximum Gasteiger partial charge on any atom is 0.195 e. The van der Waals surface area contributed by atoms with Crippen LogP contribution in [0.2, 0.25) is 0 Å². The SMILES string of the molecule is FC1=C(F)C([B-](C2C(F)=C(F)c3c2cc(F)c(F)c3F)(C2C(F)=C(F)c3c2cc(F)c(F)c3F)C2C(F)=C(F)c3c2cc(F)c(F)c3F)c2cc(F)c(F)c(F)c21. The summed E-state index contributed by atoms with van der Waals surface area (Å²) in [4.78, 5) is 0. The molecule has 0 heterocycles. The number of hydrogen-bond acceptors (Lipinski definition) is 0. The van der Waals surface area contributed by atoms with Crippen LogP contribution in [0.3, 0.4) is 0 Å². The number of allylic oxidation sites excluding steroid dienone is 4. The fraction of sp³-hybridized carbons (Fsp3) is 0.111. The second kappa shape index (κ2) is 12.3. The maximum atomic E-state index is 16.9. The van der Waals surface area contributed by atoms with E-state index in [2.05, 4.69) is 0 Å². The first-order chi connectivity index (χ1) is 26.6. The third-order valence-corrected chi connectivity index (χ3v) is 11.2. The topological polar surface area (TPSA) is 0 Å². The zero-order valence-electron chi connectivity index (χ0n) is 26.8. The molecule has 4 unspecified atom stereocenters. The van der Waals surface area contributed by atoms with E-state index in [1.807, 2.05) is 0 Å². The molecule has 21 heteroatoms. The van der Waals surface area contributed by atoms with E-state index < -0.39 is 190 Å². The molecule has 0 saturated heterocycles. The third-order valence-electron chi connectivity index (χ3n) is 11.2. The molecule has 0 fully saturated rings. The molecule has 8 rings (SSSR count). The first-order valence-electron chi connectivity index (χ1n) is 15.7. The van der Waals surface area contributed by atoms with Gasteiger partial charge in [-0.1, -0.05) is 45.5 Å². The van der Waals surface area contributed by atoms with Crippen molar-refractivity contribution >= 4 is 29.5 Å². The van der Waals surface area contributed by atoms with Crippen LogP contribution in [0.15, 0.2) is 47.6 Å². The fourth-order valence-electron chi connectivity index (χ4n) is 9.31. The highest BCUT2D eigenvalue weighted by Crippen LogP contribution is 2.71. The summed E-state index contributed by atoms with van der Waals surface area (Å²) >= 11 is 0. The summed E-state index contributed by atoms with van der Waals surface area (Å²) in [7, 11) is 0. The van der Waals surface area contributed by atoms with Gasteiger partial charge in [-0.3, -0.25) is 0 Å². The van der Waals surface area contributed by atoms with Gasteiger partial charge in [0, 0.05) is 0 Å². The van der Waals surface area contributed by atoms with E-state index in [0.717, 1.165) is 0 Å². The molecule has 0 aliphatic heterocycles. The van der Waals surface area contributed by atoms with Crippen molar-refractivity contribution in [1.82, 2.24) is 0 Å². The van der Waals surface area contributed by atoms with Gasteiger partial charge in [-0.15, -0.1) is 0 Å². The zero-order chi connectivity index (χ0) is 41.8. The summed E-state index contributed by atoms with van der Waals surface area (Å²) in [6.45, 7) is 0.